The minimum Gasteiger partial charge on any atom is -0.496 e. The van der Waals surface area contributed by atoms with Crippen molar-refractivity contribution in [2.45, 2.75) is 58.3 Å². The second kappa shape index (κ2) is 8.82. The maximum absolute atomic E-state index is 13.5. The van der Waals surface area contributed by atoms with Gasteiger partial charge in [-0.1, -0.05) is 30.9 Å². The third kappa shape index (κ3) is 3.57. The average Bonchev–Trinajstić information content (AvgIpc) is 3.21. The molecule has 0 amide bonds. The van der Waals surface area contributed by atoms with Gasteiger partial charge in [-0.05, 0) is 43.0 Å². The van der Waals surface area contributed by atoms with Gasteiger partial charge in [0.05, 0.1) is 36.1 Å². The van der Waals surface area contributed by atoms with E-state index in [-0.39, 0.29) is 36.3 Å². The lowest BCUT2D eigenvalue weighted by atomic mass is 9.86. The second-order valence-corrected chi connectivity index (χ2v) is 9.48. The van der Waals surface area contributed by atoms with E-state index >= 15 is 0 Å². The van der Waals surface area contributed by atoms with Crippen molar-refractivity contribution < 1.29 is 28.3 Å². The van der Waals surface area contributed by atoms with E-state index in [1.165, 1.54) is 5.56 Å². The van der Waals surface area contributed by atoms with Gasteiger partial charge >= 0.3 is 14.2 Å². The average molecular weight is 497 g/mol. The molecule has 4 heterocycles. The van der Waals surface area contributed by atoms with E-state index in [4.69, 9.17) is 19.0 Å². The molecule has 0 saturated carbocycles. The Kier molecular flexibility index (Phi) is 5.95. The van der Waals surface area contributed by atoms with Gasteiger partial charge < -0.3 is 14.0 Å². The van der Waals surface area contributed by atoms with E-state index < -0.39 is 19.8 Å². The molecule has 0 saturated heterocycles. The van der Waals surface area contributed by atoms with E-state index in [1.807, 2.05) is 6.07 Å². The first kappa shape index (κ1) is 23.6. The number of unbranched alkanes of at least 4 members (excludes halogenated alkanes) is 1. The van der Waals surface area contributed by atoms with Gasteiger partial charge in [-0.25, -0.2) is 9.78 Å². The smallest absolute Gasteiger partial charge is 0.496 e. The number of esters is 1. The molecule has 0 radical (unpaired) electrons. The van der Waals surface area contributed by atoms with E-state index in [1.54, 1.807) is 24.7 Å². The number of hydrogen-bond donors (Lipinski definition) is 1. The molecule has 2 aromatic heterocycles. The Balaban J connectivity index is 1.74. The zero-order valence-electron chi connectivity index (χ0n) is 19.8. The molecular formula is C25H26N2O7P+. The highest BCUT2D eigenvalue weighted by Gasteiger charge is 2.54. The number of methoxy groups -OCH3 is 1. The summed E-state index contributed by atoms with van der Waals surface area (Å²) in [5.74, 6) is -0.135. The summed E-state index contributed by atoms with van der Waals surface area (Å²) in [5.41, 5.74) is 2.05. The standard InChI is InChI=1S/C25H25N2O7P/c1-4-6-7-14-8-9-19-15(10-14)22(32-3)16-12-27-20(21(16)26-19)11-18-17(23(27)28)13-33-24(29)25(18,5-2)34-35(30)31/h8-11H,4-7,12-13H2,1-3H3/p+1/t25-/m0/s1. The number of rotatable bonds is 7. The number of fused-ring (bicyclic) bond motifs is 5. The summed E-state index contributed by atoms with van der Waals surface area (Å²) in [6, 6.07) is 7.76. The summed E-state index contributed by atoms with van der Waals surface area (Å²) in [4.78, 5) is 40.7. The molecule has 0 aliphatic carbocycles. The highest BCUT2D eigenvalue weighted by Crippen LogP contribution is 2.46. The van der Waals surface area contributed by atoms with Crippen molar-refractivity contribution in [2.75, 3.05) is 7.11 Å². The molecule has 0 spiro atoms. The first-order valence-electron chi connectivity index (χ1n) is 11.6. The van der Waals surface area contributed by atoms with Crippen molar-refractivity contribution >= 4 is 25.1 Å². The highest BCUT2D eigenvalue weighted by atomic mass is 31.1. The van der Waals surface area contributed by atoms with E-state index in [0.29, 0.717) is 17.1 Å². The van der Waals surface area contributed by atoms with Gasteiger partial charge in [0.1, 0.15) is 12.4 Å². The molecule has 0 bridgehead atoms. The maximum Gasteiger partial charge on any atom is 0.696 e. The van der Waals surface area contributed by atoms with E-state index in [0.717, 1.165) is 35.7 Å². The van der Waals surface area contributed by atoms with Crippen LogP contribution < -0.4 is 10.3 Å². The lowest BCUT2D eigenvalue weighted by Gasteiger charge is -2.31. The van der Waals surface area contributed by atoms with Crippen LogP contribution in [0.5, 0.6) is 5.75 Å². The van der Waals surface area contributed by atoms with Gasteiger partial charge in [0, 0.05) is 21.1 Å². The number of carbonyl (C=O) groups excluding carboxylic acids is 1. The molecule has 2 aliphatic rings. The molecule has 1 N–H and O–H groups in total. The predicted octanol–water partition coefficient (Wildman–Crippen LogP) is 4.10. The summed E-state index contributed by atoms with van der Waals surface area (Å²) in [7, 11) is -1.53. The number of carbonyl (C=O) groups is 1. The molecule has 2 atom stereocenters. The normalized spacial score (nSPS) is 18.6. The summed E-state index contributed by atoms with van der Waals surface area (Å²) in [5, 5.41) is 0.882. The van der Waals surface area contributed by atoms with Crippen molar-refractivity contribution in [3.05, 3.63) is 56.9 Å². The molecule has 0 fully saturated rings. The molecule has 10 heteroatoms. The lowest BCUT2D eigenvalue weighted by molar-refractivity contribution is -0.169. The van der Waals surface area contributed by atoms with Gasteiger partial charge in [-0.2, -0.15) is 0 Å². The number of hydrogen-bond acceptors (Lipinski definition) is 7. The SMILES string of the molecule is CCCCc1ccc2nc3c(c(OC)c2c1)Cn1c-3cc2c(c1=O)COC(=O)[C@@]2(CC)O[P+](=O)O. The monoisotopic (exact) mass is 497 g/mol. The Morgan fingerprint density at radius 1 is 1.23 bits per heavy atom. The van der Waals surface area contributed by atoms with Gasteiger partial charge in [0.25, 0.3) is 5.56 Å². The number of cyclic esters (lactones) is 1. The van der Waals surface area contributed by atoms with Crippen LogP contribution in [0.3, 0.4) is 0 Å². The molecule has 1 aromatic carbocycles. The Labute approximate surface area is 202 Å². The highest BCUT2D eigenvalue weighted by molar-refractivity contribution is 7.32. The van der Waals surface area contributed by atoms with Crippen LogP contribution in [0.4, 0.5) is 0 Å². The van der Waals surface area contributed by atoms with E-state index in [9.17, 15) is 19.0 Å². The van der Waals surface area contributed by atoms with Crippen LogP contribution in [-0.2, 0) is 43.8 Å². The summed E-state index contributed by atoms with van der Waals surface area (Å²) in [6.45, 7) is 3.81. The molecule has 182 valence electrons. The molecule has 9 nitrogen and oxygen atoms in total. The van der Waals surface area contributed by atoms with Gasteiger partial charge in [0.2, 0.25) is 5.60 Å². The minimum atomic E-state index is -3.13. The van der Waals surface area contributed by atoms with Gasteiger partial charge in [-0.3, -0.25) is 4.79 Å². The van der Waals surface area contributed by atoms with Crippen molar-refractivity contribution in [3.8, 4) is 17.1 Å². The minimum absolute atomic E-state index is 0.0191. The first-order chi connectivity index (χ1) is 16.8. The zero-order valence-corrected chi connectivity index (χ0v) is 20.7. The fourth-order valence-electron chi connectivity index (χ4n) is 5.13. The largest absolute Gasteiger partial charge is 0.696 e. The van der Waals surface area contributed by atoms with E-state index in [2.05, 4.69) is 19.1 Å². The van der Waals surface area contributed by atoms with Crippen molar-refractivity contribution in [2.24, 2.45) is 0 Å². The number of nitrogens with zero attached hydrogens (tertiary/aromatic N) is 2. The molecule has 35 heavy (non-hydrogen) atoms. The van der Waals surface area contributed by atoms with Crippen molar-refractivity contribution in [3.63, 3.8) is 0 Å². The number of ether oxygens (including phenoxy) is 2. The van der Waals surface area contributed by atoms with Crippen LogP contribution in [0.1, 0.15) is 55.4 Å². The Hall–Kier alpha value is -3.13. The molecule has 3 aromatic rings. The zero-order chi connectivity index (χ0) is 24.9. The topological polar surface area (TPSA) is 117 Å². The first-order valence-corrected chi connectivity index (χ1v) is 12.8. The third-order valence-corrected chi connectivity index (χ3v) is 7.39. The van der Waals surface area contributed by atoms with Gasteiger partial charge in [-0.15, -0.1) is 4.89 Å². The summed E-state index contributed by atoms with van der Waals surface area (Å²) >= 11 is 0. The van der Waals surface area contributed by atoms with Crippen LogP contribution in [-0.4, -0.2) is 27.5 Å². The molecular weight excluding hydrogens is 471 g/mol. The summed E-state index contributed by atoms with van der Waals surface area (Å²) < 4.78 is 29.5. The fraction of sp³-hybridized carbons (Fsp3) is 0.400. The number of aromatic nitrogens is 2. The van der Waals surface area contributed by atoms with Crippen LogP contribution >= 0.6 is 8.25 Å². The Bertz CT molecular complexity index is 1450. The van der Waals surface area contributed by atoms with Crippen LogP contribution in [0.2, 0.25) is 0 Å². The van der Waals surface area contributed by atoms with Crippen LogP contribution in [0.25, 0.3) is 22.3 Å². The number of benzene rings is 1. The van der Waals surface area contributed by atoms with Crippen LogP contribution in [0, 0.1) is 0 Å². The summed E-state index contributed by atoms with van der Waals surface area (Å²) in [6.07, 6.45) is 3.16. The fourth-order valence-corrected chi connectivity index (χ4v) is 5.70. The maximum atomic E-state index is 13.5. The molecule has 1 unspecified atom stereocenters. The van der Waals surface area contributed by atoms with Crippen molar-refractivity contribution in [1.29, 1.82) is 0 Å². The lowest BCUT2D eigenvalue weighted by Crippen LogP contribution is -2.45. The quantitative estimate of drug-likeness (QED) is 0.300. The second-order valence-electron chi connectivity index (χ2n) is 8.83. The third-order valence-electron chi connectivity index (χ3n) is 6.92. The predicted molar refractivity (Wildman–Crippen MR) is 128 cm³/mol. The van der Waals surface area contributed by atoms with Crippen LogP contribution in [0.15, 0.2) is 29.1 Å². The Morgan fingerprint density at radius 3 is 2.71 bits per heavy atom. The number of aryl methyl sites for hydroxylation is 1. The number of pyridine rings is 2. The Morgan fingerprint density at radius 2 is 2.03 bits per heavy atom. The van der Waals surface area contributed by atoms with Crippen molar-refractivity contribution in [1.82, 2.24) is 9.55 Å². The van der Waals surface area contributed by atoms with Gasteiger partial charge in [0.15, 0.2) is 0 Å². The molecule has 2 aliphatic heterocycles. The molecule has 5 rings (SSSR count).